The summed E-state index contributed by atoms with van der Waals surface area (Å²) in [5, 5.41) is 8.35. The quantitative estimate of drug-likeness (QED) is 0.173. The number of fused-ring (bicyclic) bond motifs is 11. The number of para-hydroxylation sites is 3. The molecule has 0 saturated heterocycles. The van der Waals surface area contributed by atoms with E-state index in [0.29, 0.717) is 0 Å². The fourth-order valence-electron chi connectivity index (χ4n) is 9.16. The standard InChI is InChI=1S/C42H29BN2Si/c1-46(2)37-20-9-8-19-34(37)44-36-25-28(26-12-4-3-5-13-26)24-32-30-16-10-17-31-39-29-15-7-6-14-27(29)22-23-35(39)45(41(30)31)43(40(32)36)33-18-11-21-38(46)42(33)44/h3-25H,1-2H3. The molecule has 8 aromatic rings. The molecule has 0 unspecified atom stereocenters. The van der Waals surface area contributed by atoms with E-state index in [0.717, 1.165) is 0 Å². The number of aromatic nitrogens is 1. The highest BCUT2D eigenvalue weighted by molar-refractivity contribution is 7.04. The Hall–Kier alpha value is -5.32. The van der Waals surface area contributed by atoms with Crippen LogP contribution in [-0.2, 0) is 0 Å². The second-order valence-corrected chi connectivity index (χ2v) is 18.0. The Morgan fingerprint density at radius 3 is 2.24 bits per heavy atom. The zero-order chi connectivity index (χ0) is 30.3. The summed E-state index contributed by atoms with van der Waals surface area (Å²) in [6.07, 6.45) is 0. The van der Waals surface area contributed by atoms with Crippen LogP contribution >= 0.6 is 0 Å². The lowest BCUT2D eigenvalue weighted by molar-refractivity contribution is 1.26. The van der Waals surface area contributed by atoms with Crippen molar-refractivity contribution in [3.63, 3.8) is 0 Å². The third kappa shape index (κ3) is 2.90. The molecule has 214 valence electrons. The molecule has 3 aliphatic heterocycles. The first-order valence-corrected chi connectivity index (χ1v) is 19.3. The molecule has 0 spiro atoms. The number of hydrogen-bond acceptors (Lipinski definition) is 1. The summed E-state index contributed by atoms with van der Waals surface area (Å²) in [5.41, 5.74) is 14.7. The molecule has 1 aromatic heterocycles. The summed E-state index contributed by atoms with van der Waals surface area (Å²) in [6, 6.07) is 52.8. The van der Waals surface area contributed by atoms with Gasteiger partial charge >= 0.3 is 6.85 Å². The van der Waals surface area contributed by atoms with Crippen LogP contribution in [0.5, 0.6) is 0 Å². The van der Waals surface area contributed by atoms with Crippen LogP contribution in [0.4, 0.5) is 17.1 Å². The lowest BCUT2D eigenvalue weighted by Gasteiger charge is -2.47. The van der Waals surface area contributed by atoms with Crippen LogP contribution in [0.1, 0.15) is 0 Å². The Balaban J connectivity index is 1.37. The normalized spacial score (nSPS) is 14.8. The minimum atomic E-state index is -1.98. The van der Waals surface area contributed by atoms with Crippen LogP contribution in [-0.4, -0.2) is 19.4 Å². The van der Waals surface area contributed by atoms with E-state index in [1.54, 1.807) is 0 Å². The lowest BCUT2D eigenvalue weighted by Crippen LogP contribution is -2.65. The van der Waals surface area contributed by atoms with Crippen molar-refractivity contribution in [3.8, 4) is 22.3 Å². The number of rotatable bonds is 1. The van der Waals surface area contributed by atoms with E-state index in [1.807, 2.05) is 0 Å². The molecule has 7 aromatic carbocycles. The Morgan fingerprint density at radius 1 is 0.565 bits per heavy atom. The molecule has 0 saturated carbocycles. The molecule has 0 fully saturated rings. The predicted octanol–water partition coefficient (Wildman–Crippen LogP) is 8.17. The van der Waals surface area contributed by atoms with E-state index in [2.05, 4.69) is 162 Å². The maximum Gasteiger partial charge on any atom is 0.333 e. The average Bonchev–Trinajstić information content (AvgIpc) is 3.45. The van der Waals surface area contributed by atoms with Crippen LogP contribution < -0.4 is 26.2 Å². The Morgan fingerprint density at radius 2 is 1.33 bits per heavy atom. The molecule has 0 N–H and O–H groups in total. The second kappa shape index (κ2) is 8.48. The molecule has 3 aliphatic rings. The zero-order valence-electron chi connectivity index (χ0n) is 25.8. The minimum absolute atomic E-state index is 0.0761. The monoisotopic (exact) mass is 600 g/mol. The van der Waals surface area contributed by atoms with Crippen LogP contribution in [0.25, 0.3) is 54.8 Å². The fraction of sp³-hybridized carbons (Fsp3) is 0.0476. The molecule has 4 heteroatoms. The summed E-state index contributed by atoms with van der Waals surface area (Å²) in [4.78, 5) is 2.63. The number of anilines is 3. The first kappa shape index (κ1) is 24.9. The predicted molar refractivity (Wildman–Crippen MR) is 200 cm³/mol. The second-order valence-electron chi connectivity index (χ2n) is 13.7. The molecular weight excluding hydrogens is 571 g/mol. The summed E-state index contributed by atoms with van der Waals surface area (Å²) in [6.45, 7) is 5.14. The van der Waals surface area contributed by atoms with E-state index in [-0.39, 0.29) is 6.85 Å². The fourth-order valence-corrected chi connectivity index (χ4v) is 12.2. The van der Waals surface area contributed by atoms with Gasteiger partial charge in [-0.25, -0.2) is 0 Å². The Kier molecular flexibility index (Phi) is 4.60. The van der Waals surface area contributed by atoms with Gasteiger partial charge in [0.1, 0.15) is 8.07 Å². The van der Waals surface area contributed by atoms with Gasteiger partial charge in [0.25, 0.3) is 0 Å². The van der Waals surface area contributed by atoms with Crippen molar-refractivity contribution in [2.45, 2.75) is 13.1 Å². The van der Waals surface area contributed by atoms with E-state index in [9.17, 15) is 0 Å². The van der Waals surface area contributed by atoms with Gasteiger partial charge in [0.15, 0.2) is 0 Å². The molecule has 46 heavy (non-hydrogen) atoms. The summed E-state index contributed by atoms with van der Waals surface area (Å²) in [7, 11) is -1.98. The highest BCUT2D eigenvalue weighted by atomic mass is 28.3. The Labute approximate surface area is 269 Å². The van der Waals surface area contributed by atoms with Crippen molar-refractivity contribution >= 4 is 85.9 Å². The maximum atomic E-state index is 2.70. The summed E-state index contributed by atoms with van der Waals surface area (Å²) in [5.74, 6) is 0. The minimum Gasteiger partial charge on any atom is -0.375 e. The van der Waals surface area contributed by atoms with E-state index >= 15 is 0 Å². The maximum absolute atomic E-state index is 2.70. The molecule has 11 rings (SSSR count). The zero-order valence-corrected chi connectivity index (χ0v) is 26.8. The topological polar surface area (TPSA) is 8.17 Å². The number of nitrogens with zero attached hydrogens (tertiary/aromatic N) is 2. The molecule has 0 atom stereocenters. The third-order valence-electron chi connectivity index (χ3n) is 11.1. The molecule has 0 bridgehead atoms. The first-order valence-electron chi connectivity index (χ1n) is 16.3. The van der Waals surface area contributed by atoms with Crippen molar-refractivity contribution in [1.29, 1.82) is 0 Å². The molecule has 2 nitrogen and oxygen atoms in total. The Bertz CT molecular complexity index is 2630. The summed E-state index contributed by atoms with van der Waals surface area (Å²) < 4.78 is 2.70. The van der Waals surface area contributed by atoms with Gasteiger partial charge in [0, 0.05) is 44.4 Å². The van der Waals surface area contributed by atoms with E-state index in [4.69, 9.17) is 0 Å². The van der Waals surface area contributed by atoms with Gasteiger partial charge in [0.2, 0.25) is 0 Å². The van der Waals surface area contributed by atoms with Crippen molar-refractivity contribution in [3.05, 3.63) is 140 Å². The highest BCUT2D eigenvalue weighted by Gasteiger charge is 2.48. The van der Waals surface area contributed by atoms with Crippen LogP contribution in [0.15, 0.2) is 140 Å². The first-order chi connectivity index (χ1) is 22.6. The van der Waals surface area contributed by atoms with E-state index < -0.39 is 8.07 Å². The van der Waals surface area contributed by atoms with Gasteiger partial charge < -0.3 is 9.38 Å². The molecule has 4 heterocycles. The van der Waals surface area contributed by atoms with Crippen LogP contribution in [0, 0.1) is 0 Å². The van der Waals surface area contributed by atoms with Crippen molar-refractivity contribution in [2.24, 2.45) is 0 Å². The van der Waals surface area contributed by atoms with Crippen molar-refractivity contribution in [1.82, 2.24) is 4.48 Å². The summed E-state index contributed by atoms with van der Waals surface area (Å²) >= 11 is 0. The van der Waals surface area contributed by atoms with Crippen molar-refractivity contribution in [2.75, 3.05) is 4.90 Å². The smallest absolute Gasteiger partial charge is 0.333 e. The third-order valence-corrected chi connectivity index (χ3v) is 14.6. The largest absolute Gasteiger partial charge is 0.375 e. The van der Waals surface area contributed by atoms with Gasteiger partial charge in [-0.15, -0.1) is 0 Å². The molecular formula is C42H29BN2Si. The lowest BCUT2D eigenvalue weighted by atomic mass is 9.45. The van der Waals surface area contributed by atoms with Crippen LogP contribution in [0.3, 0.4) is 0 Å². The highest BCUT2D eigenvalue weighted by Crippen LogP contribution is 2.48. The van der Waals surface area contributed by atoms with Gasteiger partial charge in [-0.3, -0.25) is 0 Å². The van der Waals surface area contributed by atoms with Gasteiger partial charge in [-0.05, 0) is 73.0 Å². The van der Waals surface area contributed by atoms with Crippen molar-refractivity contribution < 1.29 is 0 Å². The molecule has 0 amide bonds. The SMILES string of the molecule is C[Si]1(C)c2ccccc2N2c3cc(-c4ccccc4)cc4c3B(c3cccc1c32)n1c2ccc3ccccc3c2c2cccc-4c21. The molecule has 0 radical (unpaired) electrons. The van der Waals surface area contributed by atoms with Crippen LogP contribution in [0.2, 0.25) is 13.1 Å². The van der Waals surface area contributed by atoms with Gasteiger partial charge in [-0.2, -0.15) is 0 Å². The van der Waals surface area contributed by atoms with Gasteiger partial charge in [-0.1, -0.05) is 128 Å². The van der Waals surface area contributed by atoms with Gasteiger partial charge in [0.05, 0.1) is 0 Å². The van der Waals surface area contributed by atoms with E-state index in [1.165, 1.54) is 93.2 Å². The average molecular weight is 601 g/mol. The number of benzene rings is 7. The molecule has 0 aliphatic carbocycles. The number of hydrogen-bond donors (Lipinski definition) is 0.